The van der Waals surface area contributed by atoms with Gasteiger partial charge in [-0.3, -0.25) is 14.6 Å². The minimum Gasteiger partial charge on any atom is -0.475 e. The van der Waals surface area contributed by atoms with Crippen LogP contribution < -0.4 is 0 Å². The number of nitrogens with zero attached hydrogens (tertiary/aromatic N) is 5. The van der Waals surface area contributed by atoms with Gasteiger partial charge in [0.25, 0.3) is 0 Å². The molecule has 9 nitrogen and oxygen atoms in total. The van der Waals surface area contributed by atoms with Gasteiger partial charge >= 0.3 is 12.1 Å². The monoisotopic (exact) mass is 537 g/mol. The van der Waals surface area contributed by atoms with Crippen molar-refractivity contribution < 1.29 is 32.7 Å². The fraction of sp³-hybridized carbons (Fsp3) is 0.577. The van der Waals surface area contributed by atoms with Crippen molar-refractivity contribution in [2.75, 3.05) is 19.6 Å². The quantitative estimate of drug-likeness (QED) is 0.599. The first-order valence-corrected chi connectivity index (χ1v) is 12.5. The van der Waals surface area contributed by atoms with Crippen LogP contribution >= 0.6 is 0 Å². The Kier molecular flexibility index (Phi) is 8.83. The maximum atomic E-state index is 13.8. The summed E-state index contributed by atoms with van der Waals surface area (Å²) in [6.45, 7) is 10.7. The molecule has 2 aliphatic rings. The molecule has 38 heavy (non-hydrogen) atoms. The molecule has 2 unspecified atom stereocenters. The zero-order chi connectivity index (χ0) is 28.3. The van der Waals surface area contributed by atoms with Gasteiger partial charge in [0.1, 0.15) is 0 Å². The summed E-state index contributed by atoms with van der Waals surface area (Å²) in [7, 11) is 0. The van der Waals surface area contributed by atoms with Crippen LogP contribution in [0.5, 0.6) is 0 Å². The lowest BCUT2D eigenvalue weighted by Crippen LogP contribution is -2.40. The number of hydrogen-bond acceptors (Lipinski definition) is 5. The zero-order valence-corrected chi connectivity index (χ0v) is 22.0. The third-order valence-corrected chi connectivity index (χ3v) is 6.96. The van der Waals surface area contributed by atoms with Crippen molar-refractivity contribution in [2.24, 2.45) is 11.3 Å². The third-order valence-electron chi connectivity index (χ3n) is 6.96. The Hall–Kier alpha value is -3.44. The van der Waals surface area contributed by atoms with E-state index in [0.717, 1.165) is 17.7 Å². The van der Waals surface area contributed by atoms with Gasteiger partial charge in [0, 0.05) is 63.2 Å². The van der Waals surface area contributed by atoms with Gasteiger partial charge in [-0.1, -0.05) is 13.8 Å². The summed E-state index contributed by atoms with van der Waals surface area (Å²) in [5.41, 5.74) is 1.41. The highest BCUT2D eigenvalue weighted by atomic mass is 19.4. The van der Waals surface area contributed by atoms with Gasteiger partial charge in [-0.25, -0.2) is 9.78 Å². The smallest absolute Gasteiger partial charge is 0.475 e. The molecule has 4 rings (SSSR count). The summed E-state index contributed by atoms with van der Waals surface area (Å²) in [5, 5.41) is 7.12. The molecule has 0 bridgehead atoms. The number of alkyl halides is 3. The summed E-state index contributed by atoms with van der Waals surface area (Å²) < 4.78 is 33.8. The average molecular weight is 538 g/mol. The Morgan fingerprint density at radius 3 is 2.34 bits per heavy atom. The fourth-order valence-electron chi connectivity index (χ4n) is 4.96. The highest BCUT2D eigenvalue weighted by Gasteiger charge is 2.58. The molecule has 0 aliphatic carbocycles. The van der Waals surface area contributed by atoms with Gasteiger partial charge in [0.15, 0.2) is 0 Å². The topological polar surface area (TPSA) is 109 Å². The van der Waals surface area contributed by atoms with Crippen LogP contribution in [0.25, 0.3) is 0 Å². The van der Waals surface area contributed by atoms with Crippen molar-refractivity contribution in [2.45, 2.75) is 65.2 Å². The molecular formula is C26H34F3N5O4. The van der Waals surface area contributed by atoms with Crippen molar-refractivity contribution in [1.29, 1.82) is 0 Å². The van der Waals surface area contributed by atoms with E-state index in [0.29, 0.717) is 44.6 Å². The van der Waals surface area contributed by atoms with E-state index in [1.165, 1.54) is 0 Å². The normalized spacial score (nSPS) is 21.4. The maximum Gasteiger partial charge on any atom is 0.490 e. The molecule has 2 aromatic heterocycles. The number of pyridine rings is 1. The number of amides is 2. The van der Waals surface area contributed by atoms with Gasteiger partial charge in [-0.05, 0) is 43.9 Å². The lowest BCUT2D eigenvalue weighted by molar-refractivity contribution is -0.192. The summed E-state index contributed by atoms with van der Waals surface area (Å²) in [4.78, 5) is 48.2. The molecule has 4 heterocycles. The summed E-state index contributed by atoms with van der Waals surface area (Å²) in [5.74, 6) is -2.25. The number of likely N-dealkylation sites (tertiary alicyclic amines) is 2. The van der Waals surface area contributed by atoms with E-state index < -0.39 is 17.6 Å². The van der Waals surface area contributed by atoms with Crippen LogP contribution in [-0.4, -0.2) is 73.0 Å². The second-order valence-corrected chi connectivity index (χ2v) is 10.6. The van der Waals surface area contributed by atoms with E-state index in [1.54, 1.807) is 12.4 Å². The Bertz CT molecular complexity index is 1140. The van der Waals surface area contributed by atoms with Crippen LogP contribution in [0.2, 0.25) is 0 Å². The van der Waals surface area contributed by atoms with Crippen molar-refractivity contribution in [1.82, 2.24) is 24.3 Å². The first-order valence-electron chi connectivity index (χ1n) is 12.5. The minimum atomic E-state index is -5.08. The van der Waals surface area contributed by atoms with Crippen LogP contribution in [0, 0.1) is 11.3 Å². The van der Waals surface area contributed by atoms with E-state index in [2.05, 4.69) is 48.4 Å². The summed E-state index contributed by atoms with van der Waals surface area (Å²) >= 11 is 0. The second kappa shape index (κ2) is 11.5. The molecular weight excluding hydrogens is 503 g/mol. The van der Waals surface area contributed by atoms with Crippen LogP contribution in [0.3, 0.4) is 0 Å². The number of imidazole rings is 1. The Balaban J connectivity index is 0.000000505. The number of carbonyl (C=O) groups excluding carboxylic acids is 2. The number of hydrogen-bond donors (Lipinski definition) is 1. The van der Waals surface area contributed by atoms with Crippen LogP contribution in [-0.2, 0) is 20.9 Å². The highest BCUT2D eigenvalue weighted by Crippen LogP contribution is 2.50. The van der Waals surface area contributed by atoms with E-state index in [9.17, 15) is 22.8 Å². The van der Waals surface area contributed by atoms with Crippen LogP contribution in [0.15, 0.2) is 37.1 Å². The largest absolute Gasteiger partial charge is 0.490 e. The predicted octanol–water partition coefficient (Wildman–Crippen LogP) is 3.88. The third kappa shape index (κ3) is 6.51. The molecule has 1 spiro atoms. The number of rotatable bonds is 6. The average Bonchev–Trinajstić information content (AvgIpc) is 3.54. The maximum absolute atomic E-state index is 13.8. The van der Waals surface area contributed by atoms with Gasteiger partial charge in [0.05, 0.1) is 17.4 Å². The lowest BCUT2D eigenvalue weighted by atomic mass is 9.75. The van der Waals surface area contributed by atoms with Crippen molar-refractivity contribution in [3.05, 3.63) is 48.3 Å². The van der Waals surface area contributed by atoms with E-state index in [1.807, 2.05) is 28.3 Å². The van der Waals surface area contributed by atoms with Gasteiger partial charge in [0.2, 0.25) is 11.8 Å². The molecule has 0 saturated carbocycles. The van der Waals surface area contributed by atoms with Crippen molar-refractivity contribution in [3.63, 3.8) is 0 Å². The van der Waals surface area contributed by atoms with Crippen molar-refractivity contribution in [3.8, 4) is 0 Å². The number of carboxylic acid groups (broad SMARTS) is 1. The molecule has 2 fully saturated rings. The summed E-state index contributed by atoms with van der Waals surface area (Å²) in [6.07, 6.45) is 3.61. The Morgan fingerprint density at radius 1 is 1.18 bits per heavy atom. The predicted molar refractivity (Wildman–Crippen MR) is 132 cm³/mol. The number of halogens is 3. The number of carbonyl (C=O) groups is 3. The second-order valence-electron chi connectivity index (χ2n) is 10.6. The molecule has 1 N–H and O–H groups in total. The van der Waals surface area contributed by atoms with Gasteiger partial charge in [-0.15, -0.1) is 0 Å². The van der Waals surface area contributed by atoms with E-state index in [-0.39, 0.29) is 17.7 Å². The fourth-order valence-corrected chi connectivity index (χ4v) is 4.96. The lowest BCUT2D eigenvalue weighted by Gasteiger charge is -2.28. The molecule has 2 aliphatic heterocycles. The van der Waals surface area contributed by atoms with Gasteiger partial charge < -0.3 is 19.5 Å². The SMILES string of the molecule is CC(C)CC(=O)N1CC(c2cn(C(C)C)cn2)C2(CCN(Cc3ccncc3)C2=O)C1.O=C(O)C(F)(F)F. The molecule has 0 aromatic carbocycles. The van der Waals surface area contributed by atoms with Crippen LogP contribution in [0.4, 0.5) is 13.2 Å². The first-order chi connectivity index (χ1) is 17.7. The van der Waals surface area contributed by atoms with E-state index >= 15 is 0 Å². The molecule has 0 radical (unpaired) electrons. The minimum absolute atomic E-state index is 0.0708. The zero-order valence-electron chi connectivity index (χ0n) is 22.0. The Morgan fingerprint density at radius 2 is 1.82 bits per heavy atom. The molecule has 2 atom stereocenters. The number of carboxylic acids is 1. The highest BCUT2D eigenvalue weighted by molar-refractivity contribution is 5.88. The van der Waals surface area contributed by atoms with Crippen molar-refractivity contribution >= 4 is 17.8 Å². The van der Waals surface area contributed by atoms with E-state index in [4.69, 9.17) is 9.90 Å². The molecule has 2 amide bonds. The number of aliphatic carboxylic acids is 1. The Labute approximate surface area is 219 Å². The number of aromatic nitrogens is 3. The molecule has 208 valence electrons. The molecule has 2 aromatic rings. The van der Waals surface area contributed by atoms with Gasteiger partial charge in [-0.2, -0.15) is 13.2 Å². The first kappa shape index (κ1) is 29.1. The summed E-state index contributed by atoms with van der Waals surface area (Å²) in [6, 6.07) is 4.21. The van der Waals surface area contributed by atoms with Crippen LogP contribution in [0.1, 0.15) is 63.8 Å². The molecule has 2 saturated heterocycles. The standard InChI is InChI=1S/C24H33N5O2.C2HF3O2/c1-17(2)11-22(30)28-13-20(21-14-29(16-26-21)18(3)4)24(15-28)7-10-27(23(24)31)12-19-5-8-25-9-6-19;3-2(4,5)1(6)7/h5-6,8-9,14,16-18,20H,7,10-13,15H2,1-4H3;(H,6,7). The molecule has 12 heteroatoms.